The number of carbonyl (C=O) groups excluding carboxylic acids is 1. The van der Waals surface area contributed by atoms with Crippen molar-refractivity contribution < 1.29 is 9.53 Å². The molecular formula is C15H14N2O2. The van der Waals surface area contributed by atoms with E-state index < -0.39 is 5.97 Å². The summed E-state index contributed by atoms with van der Waals surface area (Å²) in [6, 6.07) is 16.8. The maximum Gasteiger partial charge on any atom is 0.340 e. The quantitative estimate of drug-likeness (QED) is 0.518. The molecule has 0 spiro atoms. The molecule has 0 aliphatic rings. The zero-order chi connectivity index (χ0) is 13.5. The molecule has 0 heterocycles. The average Bonchev–Trinajstić information content (AvgIpc) is 2.48. The molecule has 2 rings (SSSR count). The topological polar surface area (TPSA) is 50.7 Å². The van der Waals surface area contributed by atoms with Gasteiger partial charge < -0.3 is 4.74 Å². The van der Waals surface area contributed by atoms with Gasteiger partial charge in [-0.25, -0.2) is 4.79 Å². The van der Waals surface area contributed by atoms with Gasteiger partial charge in [0.2, 0.25) is 0 Å². The zero-order valence-electron chi connectivity index (χ0n) is 10.5. The van der Waals surface area contributed by atoms with Gasteiger partial charge in [0.1, 0.15) is 0 Å². The molecule has 0 saturated carbocycles. The molecule has 0 aliphatic carbocycles. The first-order valence-electron chi connectivity index (χ1n) is 5.83. The summed E-state index contributed by atoms with van der Waals surface area (Å²) in [6.45, 7) is 0. The summed E-state index contributed by atoms with van der Waals surface area (Å²) in [5, 5.41) is 4.11. The van der Waals surface area contributed by atoms with Crippen LogP contribution in [0.1, 0.15) is 15.9 Å². The molecule has 2 aromatic rings. The first-order chi connectivity index (χ1) is 9.31. The number of esters is 1. The molecule has 0 atom stereocenters. The van der Waals surface area contributed by atoms with Gasteiger partial charge in [-0.15, -0.1) is 0 Å². The fraction of sp³-hybridized carbons (Fsp3) is 0.0667. The number of nitrogens with zero attached hydrogens (tertiary/aromatic N) is 1. The highest BCUT2D eigenvalue weighted by molar-refractivity contribution is 5.95. The van der Waals surface area contributed by atoms with E-state index in [1.165, 1.54) is 7.11 Å². The van der Waals surface area contributed by atoms with Crippen molar-refractivity contribution in [3.63, 3.8) is 0 Å². The first-order valence-corrected chi connectivity index (χ1v) is 5.83. The van der Waals surface area contributed by atoms with Gasteiger partial charge in [-0.2, -0.15) is 5.10 Å². The Bertz CT molecular complexity index is 580. The minimum absolute atomic E-state index is 0.391. The fourth-order valence-corrected chi connectivity index (χ4v) is 1.58. The SMILES string of the molecule is COC(=O)c1ccccc1N/N=C/c1ccccc1. The molecule has 1 N–H and O–H groups in total. The normalized spacial score (nSPS) is 10.4. The molecule has 0 unspecified atom stereocenters. The number of rotatable bonds is 4. The van der Waals surface area contributed by atoms with Crippen molar-refractivity contribution in [2.75, 3.05) is 12.5 Å². The van der Waals surface area contributed by atoms with E-state index in [0.717, 1.165) is 5.56 Å². The lowest BCUT2D eigenvalue weighted by Crippen LogP contribution is -2.05. The van der Waals surface area contributed by atoms with Gasteiger partial charge in [-0.05, 0) is 17.7 Å². The average molecular weight is 254 g/mol. The Hall–Kier alpha value is -2.62. The fourth-order valence-electron chi connectivity index (χ4n) is 1.58. The van der Waals surface area contributed by atoms with Crippen LogP contribution in [0, 0.1) is 0 Å². The van der Waals surface area contributed by atoms with Gasteiger partial charge >= 0.3 is 5.97 Å². The van der Waals surface area contributed by atoms with E-state index in [4.69, 9.17) is 4.74 Å². The molecule has 0 aromatic heterocycles. The van der Waals surface area contributed by atoms with Gasteiger partial charge in [0.05, 0.1) is 24.6 Å². The van der Waals surface area contributed by atoms with Gasteiger partial charge in [0, 0.05) is 0 Å². The number of ether oxygens (including phenoxy) is 1. The van der Waals surface area contributed by atoms with Crippen LogP contribution in [-0.2, 0) is 4.74 Å². The van der Waals surface area contributed by atoms with Crippen LogP contribution in [0.4, 0.5) is 5.69 Å². The minimum atomic E-state index is -0.391. The summed E-state index contributed by atoms with van der Waals surface area (Å²) in [7, 11) is 1.35. The summed E-state index contributed by atoms with van der Waals surface area (Å²) in [5.74, 6) is -0.391. The van der Waals surface area contributed by atoms with Crippen LogP contribution in [0.15, 0.2) is 59.7 Å². The molecule has 0 bridgehead atoms. The molecule has 96 valence electrons. The van der Waals surface area contributed by atoms with Crippen LogP contribution in [0.3, 0.4) is 0 Å². The van der Waals surface area contributed by atoms with E-state index in [-0.39, 0.29) is 0 Å². The lowest BCUT2D eigenvalue weighted by molar-refractivity contribution is 0.0602. The van der Waals surface area contributed by atoms with E-state index in [1.807, 2.05) is 36.4 Å². The Morgan fingerprint density at radius 2 is 1.79 bits per heavy atom. The number of methoxy groups -OCH3 is 1. The number of hydrogen-bond donors (Lipinski definition) is 1. The van der Waals surface area contributed by atoms with E-state index in [1.54, 1.807) is 24.4 Å². The number of hydrogen-bond acceptors (Lipinski definition) is 4. The first kappa shape index (κ1) is 12.8. The van der Waals surface area contributed by atoms with Crippen molar-refractivity contribution in [1.29, 1.82) is 0 Å². The molecular weight excluding hydrogens is 240 g/mol. The van der Waals surface area contributed by atoms with E-state index in [2.05, 4.69) is 10.5 Å². The third kappa shape index (κ3) is 3.42. The maximum atomic E-state index is 11.6. The number of para-hydroxylation sites is 1. The Morgan fingerprint density at radius 1 is 1.11 bits per heavy atom. The summed E-state index contributed by atoms with van der Waals surface area (Å²) in [5.41, 5.74) is 4.89. The standard InChI is InChI=1S/C15H14N2O2/c1-19-15(18)13-9-5-6-10-14(13)17-16-11-12-7-3-2-4-8-12/h2-11,17H,1H3/b16-11+. The lowest BCUT2D eigenvalue weighted by Gasteiger charge is -2.06. The maximum absolute atomic E-state index is 11.6. The highest BCUT2D eigenvalue weighted by atomic mass is 16.5. The van der Waals surface area contributed by atoms with Crippen LogP contribution in [0.5, 0.6) is 0 Å². The minimum Gasteiger partial charge on any atom is -0.465 e. The van der Waals surface area contributed by atoms with Crippen LogP contribution in [0.2, 0.25) is 0 Å². The third-order valence-electron chi connectivity index (χ3n) is 2.53. The highest BCUT2D eigenvalue weighted by Crippen LogP contribution is 2.15. The van der Waals surface area contributed by atoms with Gasteiger partial charge in [-0.1, -0.05) is 42.5 Å². The Balaban J connectivity index is 2.12. The smallest absolute Gasteiger partial charge is 0.340 e. The largest absolute Gasteiger partial charge is 0.465 e. The van der Waals surface area contributed by atoms with Gasteiger partial charge in [0.25, 0.3) is 0 Å². The number of hydrazone groups is 1. The van der Waals surface area contributed by atoms with Crippen molar-refractivity contribution in [2.24, 2.45) is 5.10 Å². The summed E-state index contributed by atoms with van der Waals surface area (Å²) in [4.78, 5) is 11.6. The molecule has 0 fully saturated rings. The number of anilines is 1. The zero-order valence-corrected chi connectivity index (χ0v) is 10.5. The molecule has 0 aliphatic heterocycles. The summed E-state index contributed by atoms with van der Waals surface area (Å²) in [6.07, 6.45) is 1.69. The van der Waals surface area contributed by atoms with Crippen molar-refractivity contribution in [3.05, 3.63) is 65.7 Å². The molecule has 19 heavy (non-hydrogen) atoms. The Morgan fingerprint density at radius 3 is 2.53 bits per heavy atom. The second kappa shape index (κ2) is 6.35. The van der Waals surface area contributed by atoms with Crippen molar-refractivity contribution in [2.45, 2.75) is 0 Å². The van der Waals surface area contributed by atoms with E-state index in [0.29, 0.717) is 11.3 Å². The van der Waals surface area contributed by atoms with Crippen LogP contribution in [-0.4, -0.2) is 19.3 Å². The molecule has 0 saturated heterocycles. The second-order valence-corrected chi connectivity index (χ2v) is 3.82. The van der Waals surface area contributed by atoms with Crippen LogP contribution < -0.4 is 5.43 Å². The predicted octanol–water partition coefficient (Wildman–Crippen LogP) is 2.92. The van der Waals surface area contributed by atoms with Gasteiger partial charge in [-0.3, -0.25) is 5.43 Å². The van der Waals surface area contributed by atoms with Crippen LogP contribution >= 0.6 is 0 Å². The van der Waals surface area contributed by atoms with E-state index in [9.17, 15) is 4.79 Å². The summed E-state index contributed by atoms with van der Waals surface area (Å²) < 4.78 is 4.71. The number of carbonyl (C=O) groups is 1. The second-order valence-electron chi connectivity index (χ2n) is 3.82. The van der Waals surface area contributed by atoms with Crippen molar-refractivity contribution in [3.8, 4) is 0 Å². The Labute approximate surface area is 111 Å². The van der Waals surface area contributed by atoms with Crippen molar-refractivity contribution in [1.82, 2.24) is 0 Å². The van der Waals surface area contributed by atoms with E-state index >= 15 is 0 Å². The summed E-state index contributed by atoms with van der Waals surface area (Å²) >= 11 is 0. The van der Waals surface area contributed by atoms with Gasteiger partial charge in [0.15, 0.2) is 0 Å². The molecule has 4 nitrogen and oxygen atoms in total. The molecule has 4 heteroatoms. The molecule has 0 amide bonds. The lowest BCUT2D eigenvalue weighted by atomic mass is 10.2. The Kier molecular flexibility index (Phi) is 4.29. The number of benzene rings is 2. The predicted molar refractivity (Wildman–Crippen MR) is 75.4 cm³/mol. The van der Waals surface area contributed by atoms with Crippen LogP contribution in [0.25, 0.3) is 0 Å². The third-order valence-corrected chi connectivity index (χ3v) is 2.53. The number of nitrogens with one attached hydrogen (secondary N) is 1. The highest BCUT2D eigenvalue weighted by Gasteiger charge is 2.09. The molecule has 0 radical (unpaired) electrons. The van der Waals surface area contributed by atoms with Crippen molar-refractivity contribution >= 4 is 17.9 Å². The molecule has 2 aromatic carbocycles. The monoisotopic (exact) mass is 254 g/mol.